The fourth-order valence-corrected chi connectivity index (χ4v) is 3.33. The van der Waals surface area contributed by atoms with Crippen molar-refractivity contribution in [3.8, 4) is 11.4 Å². The Labute approximate surface area is 149 Å². The number of primary amides is 1. The third kappa shape index (κ3) is 3.86. The Kier molecular flexibility index (Phi) is 4.67. The number of tetrazole rings is 1. The first-order valence-corrected chi connectivity index (χ1v) is 9.08. The number of nitrogens with zero attached hydrogens (tertiary/aromatic N) is 4. The van der Waals surface area contributed by atoms with E-state index in [2.05, 4.69) is 20.1 Å². The van der Waals surface area contributed by atoms with Crippen LogP contribution < -0.4 is 10.5 Å². The van der Waals surface area contributed by atoms with Crippen LogP contribution in [0.25, 0.3) is 11.4 Å². The van der Waals surface area contributed by atoms with E-state index < -0.39 is 15.9 Å². The van der Waals surface area contributed by atoms with Crippen molar-refractivity contribution in [3.05, 3.63) is 54.1 Å². The minimum atomic E-state index is -3.78. The van der Waals surface area contributed by atoms with Gasteiger partial charge in [0.05, 0.1) is 10.6 Å². The molecule has 2 aromatic carbocycles. The summed E-state index contributed by atoms with van der Waals surface area (Å²) in [7, 11) is -3.78. The van der Waals surface area contributed by atoms with E-state index in [9.17, 15) is 13.2 Å². The molecular weight excluding hydrogens is 356 g/mol. The summed E-state index contributed by atoms with van der Waals surface area (Å²) in [5, 5.41) is 11.6. The molecule has 26 heavy (non-hydrogen) atoms. The third-order valence-electron chi connectivity index (χ3n) is 3.49. The number of hydrogen-bond donors (Lipinski definition) is 2. The van der Waals surface area contributed by atoms with Gasteiger partial charge in [-0.05, 0) is 36.4 Å². The topological polar surface area (TPSA) is 133 Å². The molecule has 0 bridgehead atoms. The molecule has 3 rings (SSSR count). The highest BCUT2D eigenvalue weighted by Crippen LogP contribution is 2.26. The van der Waals surface area contributed by atoms with Gasteiger partial charge in [0.25, 0.3) is 10.0 Å². The van der Waals surface area contributed by atoms with Gasteiger partial charge in [0.1, 0.15) is 6.54 Å². The Morgan fingerprint density at radius 3 is 2.54 bits per heavy atom. The van der Waals surface area contributed by atoms with Gasteiger partial charge in [0, 0.05) is 5.56 Å². The Morgan fingerprint density at radius 1 is 1.15 bits per heavy atom. The van der Waals surface area contributed by atoms with Gasteiger partial charge in [-0.1, -0.05) is 29.8 Å². The lowest BCUT2D eigenvalue weighted by Crippen LogP contribution is -2.20. The first-order chi connectivity index (χ1) is 12.3. The van der Waals surface area contributed by atoms with Crippen molar-refractivity contribution in [2.75, 3.05) is 4.72 Å². The minimum absolute atomic E-state index is 0.142. The van der Waals surface area contributed by atoms with E-state index in [-0.39, 0.29) is 17.3 Å². The second kappa shape index (κ2) is 6.92. The number of aryl methyl sites for hydroxylation is 1. The van der Waals surface area contributed by atoms with Gasteiger partial charge >= 0.3 is 0 Å². The number of rotatable bonds is 6. The van der Waals surface area contributed by atoms with Crippen LogP contribution in [-0.2, 0) is 21.4 Å². The Hall–Kier alpha value is -3.27. The lowest BCUT2D eigenvalue weighted by molar-refractivity contribution is -0.118. The van der Waals surface area contributed by atoms with Crippen molar-refractivity contribution in [3.63, 3.8) is 0 Å². The van der Waals surface area contributed by atoms with Crippen LogP contribution in [0.2, 0.25) is 0 Å². The monoisotopic (exact) mass is 372 g/mol. The number of sulfonamides is 1. The molecule has 0 saturated carbocycles. The number of benzene rings is 2. The number of nitrogens with one attached hydrogen (secondary N) is 1. The molecule has 0 spiro atoms. The molecule has 0 aliphatic heterocycles. The molecule has 1 heterocycles. The third-order valence-corrected chi connectivity index (χ3v) is 4.88. The summed E-state index contributed by atoms with van der Waals surface area (Å²) in [5.41, 5.74) is 6.79. The first-order valence-electron chi connectivity index (χ1n) is 7.60. The highest BCUT2D eigenvalue weighted by atomic mass is 32.2. The summed E-state index contributed by atoms with van der Waals surface area (Å²) in [6.45, 7) is 1.66. The fourth-order valence-electron chi connectivity index (χ4n) is 2.25. The highest BCUT2D eigenvalue weighted by Gasteiger charge is 2.18. The van der Waals surface area contributed by atoms with Crippen LogP contribution in [0.4, 0.5) is 5.69 Å². The molecular formula is C16H16N6O3S. The molecule has 3 aromatic rings. The maximum Gasteiger partial charge on any atom is 0.261 e. The van der Waals surface area contributed by atoms with Gasteiger partial charge in [-0.15, -0.1) is 10.2 Å². The molecule has 1 amide bonds. The molecule has 0 radical (unpaired) electrons. The van der Waals surface area contributed by atoms with Gasteiger partial charge in [-0.3, -0.25) is 9.52 Å². The quantitative estimate of drug-likeness (QED) is 0.661. The van der Waals surface area contributed by atoms with Crippen LogP contribution >= 0.6 is 0 Å². The lowest BCUT2D eigenvalue weighted by atomic mass is 10.2. The Bertz CT molecular complexity index is 1040. The minimum Gasteiger partial charge on any atom is -0.368 e. The first kappa shape index (κ1) is 17.5. The van der Waals surface area contributed by atoms with E-state index in [0.29, 0.717) is 11.3 Å². The predicted molar refractivity (Wildman–Crippen MR) is 94.4 cm³/mol. The van der Waals surface area contributed by atoms with E-state index in [4.69, 9.17) is 5.73 Å². The van der Waals surface area contributed by atoms with Crippen LogP contribution in [-0.4, -0.2) is 34.5 Å². The van der Waals surface area contributed by atoms with Crippen LogP contribution in [0.15, 0.2) is 53.4 Å². The predicted octanol–water partition coefficient (Wildman–Crippen LogP) is 0.935. The molecule has 0 aliphatic rings. The number of nitrogens with two attached hydrogens (primary N) is 1. The molecule has 0 unspecified atom stereocenters. The average Bonchev–Trinajstić information content (AvgIpc) is 3.03. The molecule has 10 heteroatoms. The number of para-hydroxylation sites is 1. The zero-order valence-electron chi connectivity index (χ0n) is 13.8. The van der Waals surface area contributed by atoms with Gasteiger partial charge in [0.2, 0.25) is 11.7 Å². The van der Waals surface area contributed by atoms with Crippen molar-refractivity contribution >= 4 is 21.6 Å². The smallest absolute Gasteiger partial charge is 0.261 e. The SMILES string of the molecule is Cc1ccc(S(=O)(=O)Nc2ccccc2-c2nnn(CC(N)=O)n2)cc1. The van der Waals surface area contributed by atoms with Crippen molar-refractivity contribution < 1.29 is 13.2 Å². The number of aromatic nitrogens is 4. The van der Waals surface area contributed by atoms with Crippen LogP contribution in [0.1, 0.15) is 5.56 Å². The second-order valence-corrected chi connectivity index (χ2v) is 7.26. The van der Waals surface area contributed by atoms with Crippen LogP contribution in [0.3, 0.4) is 0 Å². The van der Waals surface area contributed by atoms with E-state index in [0.717, 1.165) is 10.4 Å². The number of amides is 1. The van der Waals surface area contributed by atoms with Gasteiger partial charge in [-0.2, -0.15) is 4.80 Å². The van der Waals surface area contributed by atoms with E-state index in [1.54, 1.807) is 36.4 Å². The standard InChI is InChI=1S/C16H16N6O3S/c1-11-6-8-12(9-7-11)26(24,25)20-14-5-3-2-4-13(14)16-18-21-22(19-16)10-15(17)23/h2-9,20H,10H2,1H3,(H2,17,23). The summed E-state index contributed by atoms with van der Waals surface area (Å²) < 4.78 is 27.8. The molecule has 3 N–H and O–H groups in total. The fraction of sp³-hybridized carbons (Fsp3) is 0.125. The van der Waals surface area contributed by atoms with E-state index >= 15 is 0 Å². The maximum atomic E-state index is 12.6. The molecule has 0 aliphatic carbocycles. The van der Waals surface area contributed by atoms with Crippen LogP contribution in [0, 0.1) is 6.92 Å². The number of carbonyl (C=O) groups is 1. The normalized spacial score (nSPS) is 11.3. The molecule has 0 saturated heterocycles. The summed E-state index contributed by atoms with van der Waals surface area (Å²) in [4.78, 5) is 12.1. The van der Waals surface area contributed by atoms with Crippen molar-refractivity contribution in [2.24, 2.45) is 5.73 Å². The molecule has 0 fully saturated rings. The molecule has 1 aromatic heterocycles. The molecule has 9 nitrogen and oxygen atoms in total. The van der Waals surface area contributed by atoms with Crippen molar-refractivity contribution in [2.45, 2.75) is 18.4 Å². The molecule has 0 atom stereocenters. The number of carbonyl (C=O) groups excluding carboxylic acids is 1. The Morgan fingerprint density at radius 2 is 1.85 bits per heavy atom. The number of anilines is 1. The average molecular weight is 372 g/mol. The summed E-state index contributed by atoms with van der Waals surface area (Å²) in [6, 6.07) is 13.1. The van der Waals surface area contributed by atoms with Gasteiger partial charge in [-0.25, -0.2) is 8.42 Å². The van der Waals surface area contributed by atoms with Crippen LogP contribution in [0.5, 0.6) is 0 Å². The maximum absolute atomic E-state index is 12.6. The summed E-state index contributed by atoms with van der Waals surface area (Å²) in [6.07, 6.45) is 0. The summed E-state index contributed by atoms with van der Waals surface area (Å²) >= 11 is 0. The van der Waals surface area contributed by atoms with Crippen molar-refractivity contribution in [1.29, 1.82) is 0 Å². The van der Waals surface area contributed by atoms with Gasteiger partial charge < -0.3 is 5.73 Å². The second-order valence-electron chi connectivity index (χ2n) is 5.57. The highest BCUT2D eigenvalue weighted by molar-refractivity contribution is 7.92. The Balaban J connectivity index is 1.93. The molecule has 134 valence electrons. The number of hydrogen-bond acceptors (Lipinski definition) is 6. The zero-order valence-corrected chi connectivity index (χ0v) is 14.6. The van der Waals surface area contributed by atoms with E-state index in [1.807, 2.05) is 6.92 Å². The zero-order chi connectivity index (χ0) is 18.7. The van der Waals surface area contributed by atoms with Gasteiger partial charge in [0.15, 0.2) is 0 Å². The summed E-state index contributed by atoms with van der Waals surface area (Å²) in [5.74, 6) is -0.434. The van der Waals surface area contributed by atoms with Crippen molar-refractivity contribution in [1.82, 2.24) is 20.2 Å². The largest absolute Gasteiger partial charge is 0.368 e. The lowest BCUT2D eigenvalue weighted by Gasteiger charge is -2.11. The van der Waals surface area contributed by atoms with E-state index in [1.165, 1.54) is 12.1 Å².